The van der Waals surface area contributed by atoms with E-state index in [1.165, 1.54) is 12.1 Å². The van der Waals surface area contributed by atoms with Gasteiger partial charge in [-0.3, -0.25) is 14.0 Å². The number of imidazole rings is 1. The van der Waals surface area contributed by atoms with Crippen molar-refractivity contribution in [3.8, 4) is 11.3 Å². The standard InChI is InChI=1S/C22H24N6O2/c29-20(11-13-27-12-3-6-21(27)30)23-16-9-7-15(8-10-16)18-14-28-19-5-2-1-4-17(19)25-26-22(28)24-18/h7-10,14H,1-6,11-13H2,(H,23,29). The Kier molecular flexibility index (Phi) is 4.90. The van der Waals surface area contributed by atoms with Crippen molar-refractivity contribution >= 4 is 23.3 Å². The molecular weight excluding hydrogens is 380 g/mol. The summed E-state index contributed by atoms with van der Waals surface area (Å²) in [6.07, 6.45) is 8.13. The van der Waals surface area contributed by atoms with Crippen LogP contribution in [0.3, 0.4) is 0 Å². The lowest BCUT2D eigenvalue weighted by Gasteiger charge is -2.15. The maximum Gasteiger partial charge on any atom is 0.254 e. The SMILES string of the molecule is O=C(CCN1CCCC1=O)Nc1ccc(-c2cn3c4c(nnc3n2)CCCC4)cc1. The molecular formula is C22H24N6O2. The van der Waals surface area contributed by atoms with Crippen molar-refractivity contribution < 1.29 is 9.59 Å². The summed E-state index contributed by atoms with van der Waals surface area (Å²) in [6.45, 7) is 1.24. The molecule has 0 radical (unpaired) electrons. The van der Waals surface area contributed by atoms with Gasteiger partial charge in [-0.15, -0.1) is 5.10 Å². The minimum atomic E-state index is -0.0860. The van der Waals surface area contributed by atoms with Gasteiger partial charge >= 0.3 is 0 Å². The highest BCUT2D eigenvalue weighted by Crippen LogP contribution is 2.24. The molecule has 8 heteroatoms. The van der Waals surface area contributed by atoms with Gasteiger partial charge in [-0.25, -0.2) is 4.98 Å². The van der Waals surface area contributed by atoms with Gasteiger partial charge in [0.1, 0.15) is 0 Å². The van der Waals surface area contributed by atoms with E-state index in [-0.39, 0.29) is 11.8 Å². The molecule has 8 nitrogen and oxygen atoms in total. The normalized spacial score (nSPS) is 16.1. The Morgan fingerprint density at radius 3 is 2.67 bits per heavy atom. The summed E-state index contributed by atoms with van der Waals surface area (Å²) in [4.78, 5) is 30.2. The second kappa shape index (κ2) is 7.85. The van der Waals surface area contributed by atoms with E-state index in [2.05, 4.69) is 24.9 Å². The van der Waals surface area contributed by atoms with Gasteiger partial charge in [0.25, 0.3) is 5.78 Å². The van der Waals surface area contributed by atoms with E-state index >= 15 is 0 Å². The largest absolute Gasteiger partial charge is 0.342 e. The van der Waals surface area contributed by atoms with Crippen molar-refractivity contribution in [2.45, 2.75) is 44.9 Å². The summed E-state index contributed by atoms with van der Waals surface area (Å²) in [7, 11) is 0. The number of carbonyl (C=O) groups excluding carboxylic acids is 2. The third-order valence-corrected chi connectivity index (χ3v) is 5.89. The Hall–Kier alpha value is -3.29. The van der Waals surface area contributed by atoms with Gasteiger partial charge in [-0.1, -0.05) is 12.1 Å². The second-order valence-corrected chi connectivity index (χ2v) is 7.96. The number of fused-ring (bicyclic) bond motifs is 3. The van der Waals surface area contributed by atoms with Crippen molar-refractivity contribution in [3.63, 3.8) is 0 Å². The molecule has 5 rings (SSSR count). The third-order valence-electron chi connectivity index (χ3n) is 5.89. The highest BCUT2D eigenvalue weighted by Gasteiger charge is 2.20. The molecule has 0 spiro atoms. The van der Waals surface area contributed by atoms with Crippen molar-refractivity contribution in [3.05, 3.63) is 41.9 Å². The number of hydrogen-bond acceptors (Lipinski definition) is 5. The fraction of sp³-hybridized carbons (Fsp3) is 0.409. The molecule has 0 bridgehead atoms. The minimum absolute atomic E-state index is 0.0860. The summed E-state index contributed by atoms with van der Waals surface area (Å²) in [5.74, 6) is 0.683. The topological polar surface area (TPSA) is 92.5 Å². The lowest BCUT2D eigenvalue weighted by atomic mass is 10.0. The zero-order valence-corrected chi connectivity index (χ0v) is 16.8. The van der Waals surface area contributed by atoms with Crippen LogP contribution in [0.4, 0.5) is 5.69 Å². The van der Waals surface area contributed by atoms with Crippen LogP contribution in [0.2, 0.25) is 0 Å². The van der Waals surface area contributed by atoms with E-state index in [1.54, 1.807) is 4.90 Å². The van der Waals surface area contributed by atoms with Crippen LogP contribution < -0.4 is 5.32 Å². The van der Waals surface area contributed by atoms with Crippen LogP contribution in [0.25, 0.3) is 17.0 Å². The number of amides is 2. The van der Waals surface area contributed by atoms with Gasteiger partial charge < -0.3 is 10.2 Å². The molecule has 2 amide bonds. The lowest BCUT2D eigenvalue weighted by Crippen LogP contribution is -2.28. The second-order valence-electron chi connectivity index (χ2n) is 7.96. The van der Waals surface area contributed by atoms with E-state index in [0.717, 1.165) is 54.9 Å². The predicted octanol–water partition coefficient (Wildman–Crippen LogP) is 2.62. The molecule has 154 valence electrons. The molecule has 1 aromatic carbocycles. The van der Waals surface area contributed by atoms with Crippen LogP contribution in [0.15, 0.2) is 30.5 Å². The van der Waals surface area contributed by atoms with Gasteiger partial charge in [-0.2, -0.15) is 5.10 Å². The number of anilines is 1. The molecule has 0 atom stereocenters. The zero-order valence-electron chi connectivity index (χ0n) is 16.8. The predicted molar refractivity (Wildman–Crippen MR) is 112 cm³/mol. The van der Waals surface area contributed by atoms with Crippen LogP contribution >= 0.6 is 0 Å². The van der Waals surface area contributed by atoms with Crippen molar-refractivity contribution in [2.75, 3.05) is 18.4 Å². The fourth-order valence-corrected chi connectivity index (χ4v) is 4.25. The average Bonchev–Trinajstić information content (AvgIpc) is 3.39. The molecule has 3 heterocycles. The summed E-state index contributed by atoms with van der Waals surface area (Å²) in [5, 5.41) is 11.5. The van der Waals surface area contributed by atoms with Crippen LogP contribution in [0.1, 0.15) is 43.5 Å². The molecule has 1 aliphatic carbocycles. The highest BCUT2D eigenvalue weighted by molar-refractivity contribution is 5.91. The Morgan fingerprint density at radius 2 is 1.87 bits per heavy atom. The molecule has 1 saturated heterocycles. The maximum absolute atomic E-state index is 12.2. The average molecular weight is 404 g/mol. The van der Waals surface area contributed by atoms with Gasteiger partial charge in [0.2, 0.25) is 11.8 Å². The molecule has 0 unspecified atom stereocenters. The molecule has 2 aromatic heterocycles. The summed E-state index contributed by atoms with van der Waals surface area (Å²) < 4.78 is 2.06. The molecule has 0 saturated carbocycles. The summed E-state index contributed by atoms with van der Waals surface area (Å²) in [6, 6.07) is 7.64. The Bertz CT molecular complexity index is 1100. The Balaban J connectivity index is 1.27. The molecule has 2 aliphatic rings. The van der Waals surface area contributed by atoms with E-state index in [9.17, 15) is 9.59 Å². The highest BCUT2D eigenvalue weighted by atomic mass is 16.2. The van der Waals surface area contributed by atoms with E-state index in [4.69, 9.17) is 0 Å². The first kappa shape index (κ1) is 18.7. The minimum Gasteiger partial charge on any atom is -0.342 e. The first-order chi connectivity index (χ1) is 14.7. The number of rotatable bonds is 5. The van der Waals surface area contributed by atoms with Crippen LogP contribution in [-0.4, -0.2) is 49.4 Å². The van der Waals surface area contributed by atoms with Gasteiger partial charge in [0, 0.05) is 49.1 Å². The van der Waals surface area contributed by atoms with Crippen molar-refractivity contribution in [1.29, 1.82) is 0 Å². The number of nitrogens with one attached hydrogen (secondary N) is 1. The van der Waals surface area contributed by atoms with Gasteiger partial charge in [0.05, 0.1) is 11.4 Å². The fourth-order valence-electron chi connectivity index (χ4n) is 4.25. The van der Waals surface area contributed by atoms with Gasteiger partial charge in [-0.05, 0) is 44.2 Å². The van der Waals surface area contributed by atoms with Crippen molar-refractivity contribution in [2.24, 2.45) is 0 Å². The summed E-state index contributed by atoms with van der Waals surface area (Å²) >= 11 is 0. The van der Waals surface area contributed by atoms with Gasteiger partial charge in [0.15, 0.2) is 0 Å². The maximum atomic E-state index is 12.2. The van der Waals surface area contributed by atoms with Crippen molar-refractivity contribution in [1.82, 2.24) is 24.5 Å². The van der Waals surface area contributed by atoms with Crippen LogP contribution in [0, 0.1) is 0 Å². The number of benzene rings is 1. The Labute approximate surface area is 174 Å². The molecule has 1 N–H and O–H groups in total. The van der Waals surface area contributed by atoms with Crippen LogP contribution in [-0.2, 0) is 22.4 Å². The Morgan fingerprint density at radius 1 is 1.03 bits per heavy atom. The number of nitrogens with zero attached hydrogens (tertiary/aromatic N) is 5. The van der Waals surface area contributed by atoms with Crippen LogP contribution in [0.5, 0.6) is 0 Å². The van der Waals surface area contributed by atoms with E-state index < -0.39 is 0 Å². The quantitative estimate of drug-likeness (QED) is 0.706. The smallest absolute Gasteiger partial charge is 0.254 e. The number of aryl methyl sites for hydroxylation is 2. The number of aromatic nitrogens is 4. The molecule has 3 aromatic rings. The molecule has 30 heavy (non-hydrogen) atoms. The molecule has 1 fully saturated rings. The number of carbonyl (C=O) groups is 2. The number of hydrogen-bond donors (Lipinski definition) is 1. The summed E-state index contributed by atoms with van der Waals surface area (Å²) in [5.41, 5.74) is 4.83. The zero-order chi connectivity index (χ0) is 20.5. The molecule has 1 aliphatic heterocycles. The van der Waals surface area contributed by atoms with E-state index in [1.807, 2.05) is 30.5 Å². The van der Waals surface area contributed by atoms with E-state index in [0.29, 0.717) is 25.2 Å². The monoisotopic (exact) mass is 404 g/mol. The first-order valence-electron chi connectivity index (χ1n) is 10.6. The third kappa shape index (κ3) is 3.65. The lowest BCUT2D eigenvalue weighted by molar-refractivity contribution is -0.128. The first-order valence-corrected chi connectivity index (χ1v) is 10.6. The number of likely N-dealkylation sites (tertiary alicyclic amines) is 1.